The van der Waals surface area contributed by atoms with E-state index in [1.807, 2.05) is 43.5 Å². The first-order valence-corrected chi connectivity index (χ1v) is 7.75. The van der Waals surface area contributed by atoms with Gasteiger partial charge >= 0.3 is 0 Å². The largest absolute Gasteiger partial charge is 0.384 e. The van der Waals surface area contributed by atoms with Gasteiger partial charge in [-0.2, -0.15) is 5.10 Å². The molecule has 0 amide bonds. The summed E-state index contributed by atoms with van der Waals surface area (Å²) in [4.78, 5) is 4.54. The lowest BCUT2D eigenvalue weighted by atomic mass is 10.1. The van der Waals surface area contributed by atoms with E-state index in [0.29, 0.717) is 22.7 Å². The van der Waals surface area contributed by atoms with E-state index in [2.05, 4.69) is 31.3 Å². The predicted octanol–water partition coefficient (Wildman–Crippen LogP) is 1.95. The lowest BCUT2D eigenvalue weighted by Gasteiger charge is -2.30. The molecule has 114 valence electrons. The standard InChI is InChI=1S/C15H17BrN6/c1-2-15(18)12(16)13(17)20-14(21-15)22-9-11(8-19-22)10-6-4-3-5-7-10/h3-9H,2,17-18H2,1H3,(H,20,21). The van der Waals surface area contributed by atoms with Crippen LogP contribution in [0.25, 0.3) is 11.1 Å². The van der Waals surface area contributed by atoms with Crippen molar-refractivity contribution in [2.75, 3.05) is 0 Å². The molecular formula is C15H17BrN6. The summed E-state index contributed by atoms with van der Waals surface area (Å²) in [6.07, 6.45) is 4.29. The number of hydrogen-bond donors (Lipinski definition) is 3. The van der Waals surface area contributed by atoms with Crippen molar-refractivity contribution in [3.8, 4) is 11.1 Å². The Morgan fingerprint density at radius 1 is 1.27 bits per heavy atom. The van der Waals surface area contributed by atoms with Crippen LogP contribution in [-0.2, 0) is 0 Å². The van der Waals surface area contributed by atoms with Crippen LogP contribution < -0.4 is 16.8 Å². The summed E-state index contributed by atoms with van der Waals surface area (Å²) in [5.41, 5.74) is 13.5. The maximum Gasteiger partial charge on any atom is 0.227 e. The summed E-state index contributed by atoms with van der Waals surface area (Å²) < 4.78 is 2.30. The molecule has 2 aromatic rings. The summed E-state index contributed by atoms with van der Waals surface area (Å²) in [6, 6.07) is 10.0. The van der Waals surface area contributed by atoms with Crippen LogP contribution in [0.3, 0.4) is 0 Å². The zero-order valence-electron chi connectivity index (χ0n) is 12.1. The van der Waals surface area contributed by atoms with Gasteiger partial charge in [-0.1, -0.05) is 37.3 Å². The Morgan fingerprint density at radius 3 is 2.68 bits per heavy atom. The third-order valence-electron chi connectivity index (χ3n) is 3.61. The average molecular weight is 361 g/mol. The lowest BCUT2D eigenvalue weighted by molar-refractivity contribution is 0.507. The molecule has 1 unspecified atom stereocenters. The van der Waals surface area contributed by atoms with Crippen LogP contribution in [0.15, 0.2) is 58.0 Å². The van der Waals surface area contributed by atoms with Gasteiger partial charge in [-0.3, -0.25) is 0 Å². The van der Waals surface area contributed by atoms with E-state index >= 15 is 0 Å². The van der Waals surface area contributed by atoms with Crippen LogP contribution in [0, 0.1) is 0 Å². The van der Waals surface area contributed by atoms with Crippen molar-refractivity contribution in [2.45, 2.75) is 19.0 Å². The Kier molecular flexibility index (Phi) is 3.76. The highest BCUT2D eigenvalue weighted by atomic mass is 79.9. The molecule has 0 saturated carbocycles. The minimum absolute atomic E-state index is 0.450. The van der Waals surface area contributed by atoms with Gasteiger partial charge in [-0.05, 0) is 27.9 Å². The monoisotopic (exact) mass is 360 g/mol. The average Bonchev–Trinajstić information content (AvgIpc) is 3.03. The molecule has 7 heteroatoms. The fourth-order valence-electron chi connectivity index (χ4n) is 2.24. The first kappa shape index (κ1) is 14.8. The van der Waals surface area contributed by atoms with Gasteiger partial charge in [0.1, 0.15) is 11.5 Å². The SMILES string of the molecule is CCC1(N)N=C(n2cc(-c3ccccc3)cn2)NC(N)=C1Br. The molecule has 2 heterocycles. The van der Waals surface area contributed by atoms with Crippen LogP contribution in [0.4, 0.5) is 0 Å². The molecule has 1 aliphatic rings. The zero-order valence-corrected chi connectivity index (χ0v) is 13.7. The Morgan fingerprint density at radius 2 is 2.00 bits per heavy atom. The second-order valence-electron chi connectivity index (χ2n) is 5.11. The number of aliphatic imine (C=N–C) groups is 1. The molecule has 1 aromatic carbocycles. The van der Waals surface area contributed by atoms with Crippen molar-refractivity contribution in [1.29, 1.82) is 0 Å². The maximum atomic E-state index is 6.28. The van der Waals surface area contributed by atoms with E-state index in [1.54, 1.807) is 10.9 Å². The summed E-state index contributed by atoms with van der Waals surface area (Å²) in [6.45, 7) is 1.96. The number of benzene rings is 1. The van der Waals surface area contributed by atoms with Gasteiger partial charge in [0.05, 0.1) is 10.7 Å². The number of aromatic nitrogens is 2. The van der Waals surface area contributed by atoms with Crippen molar-refractivity contribution in [1.82, 2.24) is 15.1 Å². The Balaban J connectivity index is 1.96. The third-order valence-corrected chi connectivity index (χ3v) is 4.73. The molecule has 1 aromatic heterocycles. The third kappa shape index (κ3) is 2.53. The molecule has 0 saturated heterocycles. The molecule has 0 aliphatic carbocycles. The van der Waals surface area contributed by atoms with Gasteiger partial charge in [-0.25, -0.2) is 9.67 Å². The van der Waals surface area contributed by atoms with Gasteiger partial charge < -0.3 is 16.8 Å². The summed E-state index contributed by atoms with van der Waals surface area (Å²) in [7, 11) is 0. The zero-order chi connectivity index (χ0) is 15.7. The number of nitrogens with one attached hydrogen (secondary N) is 1. The minimum Gasteiger partial charge on any atom is -0.384 e. The lowest BCUT2D eigenvalue weighted by Crippen LogP contribution is -2.49. The van der Waals surface area contributed by atoms with E-state index in [-0.39, 0.29) is 0 Å². The van der Waals surface area contributed by atoms with Gasteiger partial charge in [0, 0.05) is 11.8 Å². The van der Waals surface area contributed by atoms with Crippen LogP contribution >= 0.6 is 15.9 Å². The van der Waals surface area contributed by atoms with Crippen molar-refractivity contribution in [3.63, 3.8) is 0 Å². The maximum absolute atomic E-state index is 6.28. The summed E-state index contributed by atoms with van der Waals surface area (Å²) in [5.74, 6) is 0.957. The van der Waals surface area contributed by atoms with Crippen LogP contribution in [0.1, 0.15) is 13.3 Å². The molecule has 5 N–H and O–H groups in total. The summed E-state index contributed by atoms with van der Waals surface area (Å²) in [5, 5.41) is 7.37. The molecule has 22 heavy (non-hydrogen) atoms. The molecule has 0 radical (unpaired) electrons. The molecule has 1 aliphatic heterocycles. The van der Waals surface area contributed by atoms with Gasteiger partial charge in [-0.15, -0.1) is 0 Å². The fourth-order valence-corrected chi connectivity index (χ4v) is 2.70. The highest BCUT2D eigenvalue weighted by Crippen LogP contribution is 2.29. The van der Waals surface area contributed by atoms with E-state index < -0.39 is 5.66 Å². The predicted molar refractivity (Wildman–Crippen MR) is 91.0 cm³/mol. The number of nitrogens with zero attached hydrogens (tertiary/aromatic N) is 3. The molecular weight excluding hydrogens is 344 g/mol. The summed E-state index contributed by atoms with van der Waals surface area (Å²) >= 11 is 3.41. The van der Waals surface area contributed by atoms with Gasteiger partial charge in [0.15, 0.2) is 0 Å². The number of nitrogens with two attached hydrogens (primary N) is 2. The molecule has 3 rings (SSSR count). The smallest absolute Gasteiger partial charge is 0.227 e. The van der Waals surface area contributed by atoms with Crippen LogP contribution in [0.5, 0.6) is 0 Å². The molecule has 6 nitrogen and oxygen atoms in total. The quantitative estimate of drug-likeness (QED) is 0.762. The van der Waals surface area contributed by atoms with Crippen LogP contribution in [-0.4, -0.2) is 21.4 Å². The Hall–Kier alpha value is -2.12. The molecule has 0 spiro atoms. The van der Waals surface area contributed by atoms with E-state index in [4.69, 9.17) is 11.5 Å². The second-order valence-corrected chi connectivity index (χ2v) is 5.90. The van der Waals surface area contributed by atoms with Crippen molar-refractivity contribution < 1.29 is 0 Å². The number of rotatable bonds is 2. The van der Waals surface area contributed by atoms with Crippen molar-refractivity contribution in [2.24, 2.45) is 16.5 Å². The first-order valence-electron chi connectivity index (χ1n) is 6.95. The second kappa shape index (κ2) is 5.58. The van der Waals surface area contributed by atoms with E-state index in [9.17, 15) is 0 Å². The first-order chi connectivity index (χ1) is 10.5. The topological polar surface area (TPSA) is 94.2 Å². The van der Waals surface area contributed by atoms with Crippen molar-refractivity contribution in [3.05, 3.63) is 53.0 Å². The normalized spacial score (nSPS) is 21.5. The Labute approximate surface area is 137 Å². The minimum atomic E-state index is -0.872. The molecule has 0 fully saturated rings. The van der Waals surface area contributed by atoms with Crippen molar-refractivity contribution >= 4 is 21.9 Å². The molecule has 0 bridgehead atoms. The number of hydrogen-bond acceptors (Lipinski definition) is 5. The Bertz CT molecular complexity index is 748. The molecule has 1 atom stereocenters. The number of halogens is 1. The van der Waals surface area contributed by atoms with E-state index in [1.165, 1.54) is 0 Å². The van der Waals surface area contributed by atoms with Gasteiger partial charge in [0.2, 0.25) is 5.96 Å². The van der Waals surface area contributed by atoms with E-state index in [0.717, 1.165) is 11.1 Å². The fraction of sp³-hybridized carbons (Fsp3) is 0.200. The highest BCUT2D eigenvalue weighted by Gasteiger charge is 2.33. The van der Waals surface area contributed by atoms with Crippen LogP contribution in [0.2, 0.25) is 0 Å². The highest BCUT2D eigenvalue weighted by molar-refractivity contribution is 9.11. The van der Waals surface area contributed by atoms with Gasteiger partial charge in [0.25, 0.3) is 0 Å².